The molecule has 1 atom stereocenters. The monoisotopic (exact) mass is 332 g/mol. The standard InChI is InChI=1S/C13H20N2O4S2/c1-4-21(17,18)12-10(14)11(8(2)16)20-13(12)15-6-5-9(7-15)19-3/h9H,4-7,14H2,1-3H3. The van der Waals surface area contributed by atoms with Crippen molar-refractivity contribution < 1.29 is 17.9 Å². The highest BCUT2D eigenvalue weighted by Crippen LogP contribution is 2.43. The Morgan fingerprint density at radius 2 is 2.19 bits per heavy atom. The minimum Gasteiger partial charge on any atom is -0.396 e. The van der Waals surface area contributed by atoms with Gasteiger partial charge < -0.3 is 15.4 Å². The number of carbonyl (C=O) groups is 1. The number of ketones is 1. The van der Waals surface area contributed by atoms with Crippen LogP contribution in [0.5, 0.6) is 0 Å². The molecule has 1 fully saturated rings. The van der Waals surface area contributed by atoms with Crippen molar-refractivity contribution in [1.29, 1.82) is 0 Å². The highest BCUT2D eigenvalue weighted by molar-refractivity contribution is 7.92. The van der Waals surface area contributed by atoms with Crippen LogP contribution in [0, 0.1) is 0 Å². The predicted octanol–water partition coefficient (Wildman–Crippen LogP) is 1.55. The molecule has 0 amide bonds. The van der Waals surface area contributed by atoms with E-state index < -0.39 is 9.84 Å². The number of carbonyl (C=O) groups excluding carboxylic acids is 1. The number of nitrogens with two attached hydrogens (primary N) is 1. The molecule has 0 spiro atoms. The first-order valence-electron chi connectivity index (χ1n) is 6.75. The first kappa shape index (κ1) is 16.3. The average Bonchev–Trinajstić information content (AvgIpc) is 3.02. The van der Waals surface area contributed by atoms with Gasteiger partial charge in [0.05, 0.1) is 22.4 Å². The third-order valence-corrected chi connectivity index (χ3v) is 6.95. The molecule has 2 N–H and O–H groups in total. The van der Waals surface area contributed by atoms with E-state index in [9.17, 15) is 13.2 Å². The lowest BCUT2D eigenvalue weighted by molar-refractivity contribution is 0.102. The Balaban J connectivity index is 2.55. The molecule has 6 nitrogen and oxygen atoms in total. The van der Waals surface area contributed by atoms with Crippen LogP contribution in [0.3, 0.4) is 0 Å². The number of Topliss-reactive ketones (excluding diaryl/α,β-unsaturated/α-hetero) is 1. The van der Waals surface area contributed by atoms with Crippen molar-refractivity contribution >= 4 is 37.6 Å². The van der Waals surface area contributed by atoms with E-state index in [1.807, 2.05) is 4.90 Å². The van der Waals surface area contributed by atoms with Crippen LogP contribution in [0.15, 0.2) is 4.90 Å². The summed E-state index contributed by atoms with van der Waals surface area (Å²) in [7, 11) is -1.84. The van der Waals surface area contributed by atoms with Gasteiger partial charge in [0.25, 0.3) is 0 Å². The lowest BCUT2D eigenvalue weighted by atomic mass is 10.3. The van der Waals surface area contributed by atoms with Crippen molar-refractivity contribution in [2.24, 2.45) is 0 Å². The smallest absolute Gasteiger partial charge is 0.183 e. The van der Waals surface area contributed by atoms with E-state index >= 15 is 0 Å². The van der Waals surface area contributed by atoms with Crippen LogP contribution in [0.2, 0.25) is 0 Å². The van der Waals surface area contributed by atoms with Gasteiger partial charge in [-0.25, -0.2) is 8.42 Å². The number of anilines is 2. The van der Waals surface area contributed by atoms with Gasteiger partial charge in [0, 0.05) is 27.1 Å². The summed E-state index contributed by atoms with van der Waals surface area (Å²) < 4.78 is 30.0. The lowest BCUT2D eigenvalue weighted by Gasteiger charge is -2.18. The van der Waals surface area contributed by atoms with E-state index in [0.717, 1.165) is 17.8 Å². The fourth-order valence-corrected chi connectivity index (χ4v) is 5.17. The number of ether oxygens (including phenoxy) is 1. The minimum absolute atomic E-state index is 0.0418. The summed E-state index contributed by atoms with van der Waals surface area (Å²) in [5.41, 5.74) is 6.04. The molecule has 0 radical (unpaired) electrons. The second kappa shape index (κ2) is 5.94. The van der Waals surface area contributed by atoms with Gasteiger partial charge >= 0.3 is 0 Å². The molecule has 21 heavy (non-hydrogen) atoms. The summed E-state index contributed by atoms with van der Waals surface area (Å²) >= 11 is 1.16. The Labute approximate surface area is 128 Å². The Hall–Kier alpha value is -1.12. The number of hydrogen-bond acceptors (Lipinski definition) is 7. The number of methoxy groups -OCH3 is 1. The van der Waals surface area contributed by atoms with Gasteiger partial charge in [0.15, 0.2) is 15.6 Å². The first-order chi connectivity index (χ1) is 9.81. The molecule has 1 aromatic heterocycles. The maximum absolute atomic E-state index is 12.3. The molecule has 1 aromatic rings. The Morgan fingerprint density at radius 3 is 2.67 bits per heavy atom. The molecule has 1 saturated heterocycles. The molecular weight excluding hydrogens is 312 g/mol. The molecule has 0 aliphatic carbocycles. The highest BCUT2D eigenvalue weighted by Gasteiger charge is 2.33. The lowest BCUT2D eigenvalue weighted by Crippen LogP contribution is -2.23. The number of sulfone groups is 1. The van der Waals surface area contributed by atoms with Crippen LogP contribution >= 0.6 is 11.3 Å². The third kappa shape index (κ3) is 2.93. The molecule has 1 aliphatic heterocycles. The number of nitrogen functional groups attached to an aromatic ring is 1. The van der Waals surface area contributed by atoms with E-state index in [-0.39, 0.29) is 28.2 Å². The summed E-state index contributed by atoms with van der Waals surface area (Å²) in [6, 6.07) is 0. The third-order valence-electron chi connectivity index (χ3n) is 3.66. The molecule has 0 aromatic carbocycles. The fourth-order valence-electron chi connectivity index (χ4n) is 2.44. The van der Waals surface area contributed by atoms with Crippen LogP contribution in [0.25, 0.3) is 0 Å². The number of rotatable bonds is 5. The zero-order valence-corrected chi connectivity index (χ0v) is 14.0. The summed E-state index contributed by atoms with van der Waals surface area (Å²) in [5, 5.41) is 0.569. The first-order valence-corrected chi connectivity index (χ1v) is 9.22. The molecule has 0 bridgehead atoms. The molecule has 1 unspecified atom stereocenters. The van der Waals surface area contributed by atoms with Crippen molar-refractivity contribution in [2.45, 2.75) is 31.3 Å². The Kier molecular flexibility index (Phi) is 4.60. The second-order valence-corrected chi connectivity index (χ2v) is 8.25. The zero-order valence-electron chi connectivity index (χ0n) is 12.4. The van der Waals surface area contributed by atoms with Crippen LogP contribution in [0.1, 0.15) is 29.9 Å². The minimum atomic E-state index is -3.48. The van der Waals surface area contributed by atoms with Crippen molar-refractivity contribution in [3.8, 4) is 0 Å². The normalized spacial score (nSPS) is 19.2. The maximum atomic E-state index is 12.3. The van der Waals surface area contributed by atoms with Crippen LogP contribution in [-0.4, -0.2) is 46.3 Å². The maximum Gasteiger partial charge on any atom is 0.183 e. The van der Waals surface area contributed by atoms with Gasteiger partial charge in [0.2, 0.25) is 0 Å². The van der Waals surface area contributed by atoms with Crippen LogP contribution in [0.4, 0.5) is 10.7 Å². The van der Waals surface area contributed by atoms with E-state index in [1.165, 1.54) is 6.92 Å². The molecule has 0 saturated carbocycles. The van der Waals surface area contributed by atoms with Gasteiger partial charge in [-0.05, 0) is 6.42 Å². The van der Waals surface area contributed by atoms with Gasteiger partial charge in [-0.15, -0.1) is 11.3 Å². The number of thiophene rings is 1. The van der Waals surface area contributed by atoms with Crippen LogP contribution < -0.4 is 10.6 Å². The van der Waals surface area contributed by atoms with Crippen molar-refractivity contribution in [3.63, 3.8) is 0 Å². The summed E-state index contributed by atoms with van der Waals surface area (Å²) in [6.45, 7) is 4.28. The quantitative estimate of drug-likeness (QED) is 0.823. The topological polar surface area (TPSA) is 89.7 Å². The molecule has 2 rings (SSSR count). The highest BCUT2D eigenvalue weighted by atomic mass is 32.2. The fraction of sp³-hybridized carbons (Fsp3) is 0.615. The van der Waals surface area contributed by atoms with Crippen molar-refractivity contribution in [2.75, 3.05) is 36.6 Å². The van der Waals surface area contributed by atoms with E-state index in [1.54, 1.807) is 14.0 Å². The molecule has 8 heteroatoms. The summed E-state index contributed by atoms with van der Waals surface area (Å²) in [6.07, 6.45) is 0.904. The average molecular weight is 332 g/mol. The van der Waals surface area contributed by atoms with Crippen molar-refractivity contribution in [3.05, 3.63) is 4.88 Å². The van der Waals surface area contributed by atoms with E-state index in [4.69, 9.17) is 10.5 Å². The van der Waals surface area contributed by atoms with Crippen LogP contribution in [-0.2, 0) is 14.6 Å². The van der Waals surface area contributed by atoms with Gasteiger partial charge in [-0.2, -0.15) is 0 Å². The van der Waals surface area contributed by atoms with E-state index in [0.29, 0.717) is 23.0 Å². The van der Waals surface area contributed by atoms with Crippen molar-refractivity contribution in [1.82, 2.24) is 0 Å². The second-order valence-electron chi connectivity index (χ2n) is 5.03. The number of hydrogen-bond donors (Lipinski definition) is 1. The SMILES string of the molecule is CCS(=O)(=O)c1c(N2CCC(OC)C2)sc(C(C)=O)c1N. The Morgan fingerprint density at radius 1 is 1.52 bits per heavy atom. The number of nitrogens with zero attached hydrogens (tertiary/aromatic N) is 1. The molecule has 2 heterocycles. The van der Waals surface area contributed by atoms with Gasteiger partial charge in [-0.1, -0.05) is 6.92 Å². The summed E-state index contributed by atoms with van der Waals surface area (Å²) in [4.78, 5) is 14.0. The van der Waals surface area contributed by atoms with Gasteiger partial charge in [0.1, 0.15) is 9.90 Å². The molecular formula is C13H20N2O4S2. The molecule has 118 valence electrons. The largest absolute Gasteiger partial charge is 0.396 e. The molecule has 1 aliphatic rings. The summed E-state index contributed by atoms with van der Waals surface area (Å²) in [5.74, 6) is -0.251. The predicted molar refractivity (Wildman–Crippen MR) is 84.1 cm³/mol. The van der Waals surface area contributed by atoms with E-state index in [2.05, 4.69) is 0 Å². The Bertz CT molecular complexity index is 651. The zero-order chi connectivity index (χ0) is 15.8. The van der Waals surface area contributed by atoms with Gasteiger partial charge in [-0.3, -0.25) is 4.79 Å².